The van der Waals surface area contributed by atoms with Gasteiger partial charge in [0.05, 0.1) is 10.6 Å². The third-order valence-electron chi connectivity index (χ3n) is 3.93. The van der Waals surface area contributed by atoms with Crippen LogP contribution in [0.4, 0.5) is 10.5 Å². The Hall–Kier alpha value is -2.65. The maximum absolute atomic E-state index is 12.8. The molecular formula is C21H24N4O3S2. The minimum absolute atomic E-state index is 0.0842. The van der Waals surface area contributed by atoms with Crippen molar-refractivity contribution in [3.63, 3.8) is 0 Å². The van der Waals surface area contributed by atoms with Crippen LogP contribution in [-0.2, 0) is 16.0 Å². The van der Waals surface area contributed by atoms with Crippen LogP contribution in [0.15, 0.2) is 46.9 Å². The fourth-order valence-corrected chi connectivity index (χ4v) is 3.97. The van der Waals surface area contributed by atoms with Gasteiger partial charge in [0.1, 0.15) is 5.60 Å². The molecule has 0 aliphatic carbocycles. The van der Waals surface area contributed by atoms with Crippen molar-refractivity contribution in [2.24, 2.45) is 0 Å². The second kappa shape index (κ2) is 9.44. The summed E-state index contributed by atoms with van der Waals surface area (Å²) in [6.45, 7) is 7.47. The van der Waals surface area contributed by atoms with Gasteiger partial charge in [0.2, 0.25) is 11.1 Å². The Morgan fingerprint density at radius 1 is 1.17 bits per heavy atom. The SMILES string of the molecule is CCc1ccc(NC(=O)CSc2nnc(-c3cccs3)n2C(=O)OC(C)(C)C)cc1. The van der Waals surface area contributed by atoms with Crippen LogP contribution >= 0.6 is 23.1 Å². The molecule has 0 aliphatic rings. The van der Waals surface area contributed by atoms with Crippen molar-refractivity contribution in [1.29, 1.82) is 0 Å². The van der Waals surface area contributed by atoms with E-state index in [1.54, 1.807) is 20.8 Å². The predicted molar refractivity (Wildman–Crippen MR) is 120 cm³/mol. The quantitative estimate of drug-likeness (QED) is 0.534. The molecule has 1 amide bonds. The van der Waals surface area contributed by atoms with Gasteiger partial charge in [0.15, 0.2) is 5.82 Å². The molecule has 9 heteroatoms. The fraction of sp³-hybridized carbons (Fsp3) is 0.333. The molecule has 2 aromatic heterocycles. The average molecular weight is 445 g/mol. The number of hydrogen-bond acceptors (Lipinski definition) is 7. The van der Waals surface area contributed by atoms with Crippen molar-refractivity contribution >= 4 is 40.8 Å². The normalized spacial score (nSPS) is 11.3. The number of carbonyl (C=O) groups excluding carboxylic acids is 2. The second-order valence-corrected chi connectivity index (χ2v) is 9.38. The lowest BCUT2D eigenvalue weighted by molar-refractivity contribution is -0.113. The number of amides is 1. The van der Waals surface area contributed by atoms with Crippen LogP contribution in [0.25, 0.3) is 10.7 Å². The number of thioether (sulfide) groups is 1. The largest absolute Gasteiger partial charge is 0.443 e. The zero-order valence-electron chi connectivity index (χ0n) is 17.3. The van der Waals surface area contributed by atoms with E-state index in [2.05, 4.69) is 22.4 Å². The van der Waals surface area contributed by atoms with Crippen molar-refractivity contribution in [3.8, 4) is 10.7 Å². The highest BCUT2D eigenvalue weighted by atomic mass is 32.2. The number of rotatable bonds is 6. The second-order valence-electron chi connectivity index (χ2n) is 7.49. The summed E-state index contributed by atoms with van der Waals surface area (Å²) in [5.41, 5.74) is 1.26. The summed E-state index contributed by atoms with van der Waals surface area (Å²) in [6, 6.07) is 11.4. The molecule has 0 radical (unpaired) electrons. The molecule has 0 spiro atoms. The van der Waals surface area contributed by atoms with Crippen LogP contribution in [-0.4, -0.2) is 38.1 Å². The van der Waals surface area contributed by atoms with Gasteiger partial charge in [-0.3, -0.25) is 4.79 Å². The summed E-state index contributed by atoms with van der Waals surface area (Å²) in [4.78, 5) is 26.0. The summed E-state index contributed by atoms with van der Waals surface area (Å²) < 4.78 is 6.84. The van der Waals surface area contributed by atoms with E-state index in [9.17, 15) is 9.59 Å². The Morgan fingerprint density at radius 3 is 2.50 bits per heavy atom. The van der Waals surface area contributed by atoms with Gasteiger partial charge in [-0.15, -0.1) is 21.5 Å². The van der Waals surface area contributed by atoms with E-state index in [4.69, 9.17) is 4.74 Å². The molecule has 1 aromatic carbocycles. The fourth-order valence-electron chi connectivity index (χ4n) is 2.55. The Balaban J connectivity index is 1.74. The van der Waals surface area contributed by atoms with Crippen LogP contribution in [0.3, 0.4) is 0 Å². The standard InChI is InChI=1S/C21H24N4O3S2/c1-5-14-8-10-15(11-9-14)22-17(26)13-30-19-24-23-18(16-7-6-12-29-16)25(19)20(27)28-21(2,3)4/h6-12H,5,13H2,1-4H3,(H,22,26). The molecule has 7 nitrogen and oxygen atoms in total. The van der Waals surface area contributed by atoms with Gasteiger partial charge in [-0.2, -0.15) is 0 Å². The first-order chi connectivity index (χ1) is 14.3. The molecule has 30 heavy (non-hydrogen) atoms. The van der Waals surface area contributed by atoms with Gasteiger partial charge < -0.3 is 10.1 Å². The Kier molecular flexibility index (Phi) is 6.94. The van der Waals surface area contributed by atoms with E-state index in [0.717, 1.165) is 28.7 Å². The Morgan fingerprint density at radius 2 is 1.90 bits per heavy atom. The predicted octanol–water partition coefficient (Wildman–Crippen LogP) is 5.08. The highest BCUT2D eigenvalue weighted by Gasteiger charge is 2.26. The zero-order valence-corrected chi connectivity index (χ0v) is 19.0. The van der Waals surface area contributed by atoms with E-state index in [-0.39, 0.29) is 11.7 Å². The number of thiophene rings is 1. The topological polar surface area (TPSA) is 86.1 Å². The third kappa shape index (κ3) is 5.70. The molecule has 3 aromatic rings. The van der Waals surface area contributed by atoms with Crippen LogP contribution in [0, 0.1) is 0 Å². The summed E-state index contributed by atoms with van der Waals surface area (Å²) in [5.74, 6) is 0.291. The molecule has 0 unspecified atom stereocenters. The molecule has 0 saturated carbocycles. The van der Waals surface area contributed by atoms with Gasteiger partial charge in [0.25, 0.3) is 0 Å². The van der Waals surface area contributed by atoms with Gasteiger partial charge >= 0.3 is 6.09 Å². The number of ether oxygens (including phenoxy) is 1. The van der Waals surface area contributed by atoms with Crippen molar-refractivity contribution in [2.75, 3.05) is 11.1 Å². The smallest absolute Gasteiger partial charge is 0.422 e. The molecule has 3 rings (SSSR count). The van der Waals surface area contributed by atoms with Gasteiger partial charge in [0, 0.05) is 5.69 Å². The highest BCUT2D eigenvalue weighted by molar-refractivity contribution is 7.99. The molecular weight excluding hydrogens is 420 g/mol. The summed E-state index contributed by atoms with van der Waals surface area (Å²) >= 11 is 2.58. The van der Waals surface area contributed by atoms with Crippen molar-refractivity contribution in [3.05, 3.63) is 47.3 Å². The zero-order chi connectivity index (χ0) is 21.7. The molecule has 1 N–H and O–H groups in total. The number of nitrogens with zero attached hydrogens (tertiary/aromatic N) is 3. The third-order valence-corrected chi connectivity index (χ3v) is 5.72. The number of aromatic nitrogens is 3. The first-order valence-corrected chi connectivity index (χ1v) is 11.4. The van der Waals surface area contributed by atoms with E-state index in [1.165, 1.54) is 21.5 Å². The molecule has 0 aliphatic heterocycles. The Labute approximate surface area is 183 Å². The average Bonchev–Trinajstić information content (AvgIpc) is 3.35. The number of nitrogens with one attached hydrogen (secondary N) is 1. The molecule has 0 atom stereocenters. The van der Waals surface area contributed by atoms with Gasteiger partial charge in [-0.1, -0.05) is 36.9 Å². The molecule has 0 bridgehead atoms. The highest BCUT2D eigenvalue weighted by Crippen LogP contribution is 2.28. The van der Waals surface area contributed by atoms with Crippen molar-refractivity contribution in [2.45, 2.75) is 44.9 Å². The summed E-state index contributed by atoms with van der Waals surface area (Å²) in [6.07, 6.45) is 0.366. The van der Waals surface area contributed by atoms with E-state index in [1.807, 2.05) is 41.8 Å². The van der Waals surface area contributed by atoms with Crippen LogP contribution in [0.5, 0.6) is 0 Å². The number of hydrogen-bond donors (Lipinski definition) is 1. The van der Waals surface area contributed by atoms with Gasteiger partial charge in [-0.25, -0.2) is 9.36 Å². The summed E-state index contributed by atoms with van der Waals surface area (Å²) in [7, 11) is 0. The first-order valence-electron chi connectivity index (χ1n) is 9.51. The minimum atomic E-state index is -0.669. The lowest BCUT2D eigenvalue weighted by Crippen LogP contribution is -2.28. The minimum Gasteiger partial charge on any atom is -0.443 e. The molecule has 0 saturated heterocycles. The number of carbonyl (C=O) groups is 2. The van der Waals surface area contributed by atoms with Crippen molar-refractivity contribution in [1.82, 2.24) is 14.8 Å². The van der Waals surface area contributed by atoms with E-state index >= 15 is 0 Å². The monoisotopic (exact) mass is 444 g/mol. The molecule has 158 valence electrons. The van der Waals surface area contributed by atoms with E-state index < -0.39 is 11.7 Å². The van der Waals surface area contributed by atoms with Crippen LogP contribution in [0.1, 0.15) is 33.3 Å². The van der Waals surface area contributed by atoms with Crippen molar-refractivity contribution < 1.29 is 14.3 Å². The number of anilines is 1. The maximum atomic E-state index is 12.8. The summed E-state index contributed by atoms with van der Waals surface area (Å²) in [5, 5.41) is 13.3. The molecule has 0 fully saturated rings. The number of aryl methyl sites for hydroxylation is 1. The molecule has 2 heterocycles. The first kappa shape index (κ1) is 22.0. The maximum Gasteiger partial charge on any atom is 0.422 e. The lowest BCUT2D eigenvalue weighted by atomic mass is 10.1. The Bertz CT molecular complexity index is 1010. The van der Waals surface area contributed by atoms with Crippen LogP contribution in [0.2, 0.25) is 0 Å². The van der Waals surface area contributed by atoms with Crippen LogP contribution < -0.4 is 5.32 Å². The van der Waals surface area contributed by atoms with Gasteiger partial charge in [-0.05, 0) is 56.3 Å². The number of benzene rings is 1. The lowest BCUT2D eigenvalue weighted by Gasteiger charge is -2.20. The van der Waals surface area contributed by atoms with E-state index in [0.29, 0.717) is 11.0 Å².